The Morgan fingerprint density at radius 2 is 2.19 bits per heavy atom. The third-order valence-corrected chi connectivity index (χ3v) is 6.30. The summed E-state index contributed by atoms with van der Waals surface area (Å²) in [6.07, 6.45) is 4.73. The van der Waals surface area contributed by atoms with E-state index in [2.05, 4.69) is 20.9 Å². The maximum absolute atomic E-state index is 11.9. The van der Waals surface area contributed by atoms with Gasteiger partial charge in [-0.05, 0) is 31.6 Å². The molecule has 0 saturated carbocycles. The predicted octanol–water partition coefficient (Wildman–Crippen LogP) is 1.01. The van der Waals surface area contributed by atoms with Gasteiger partial charge in [0.15, 0.2) is 9.84 Å². The van der Waals surface area contributed by atoms with Crippen molar-refractivity contribution in [1.82, 2.24) is 25.6 Å². The normalized spacial score (nSPS) is 18.7. The fraction of sp³-hybridized carbons (Fsp3) is 0.312. The molecule has 3 heterocycles. The van der Waals surface area contributed by atoms with Crippen molar-refractivity contribution in [2.45, 2.75) is 19.4 Å². The van der Waals surface area contributed by atoms with Crippen LogP contribution in [0.2, 0.25) is 5.15 Å². The van der Waals surface area contributed by atoms with Gasteiger partial charge in [-0.2, -0.15) is 5.10 Å². The van der Waals surface area contributed by atoms with Gasteiger partial charge in [0, 0.05) is 17.8 Å². The van der Waals surface area contributed by atoms with Crippen LogP contribution in [0.3, 0.4) is 0 Å². The fourth-order valence-corrected chi connectivity index (χ4v) is 4.86. The van der Waals surface area contributed by atoms with E-state index in [1.165, 1.54) is 16.8 Å². The molecule has 2 aromatic rings. The number of amides is 2. The lowest BCUT2D eigenvalue weighted by atomic mass is 10.2. The standard InChI is InChI=1S/C16H18ClN5O4S/c1-10-12(15(17)22(21-10)11-6-8-27(25,26)9-11)4-5-14(23)19-20-16(24)13-3-2-7-18-13/h2-5,7,11,18H,6,8-9H2,1H3,(H,19,23)(H,20,24)/b5-4+/t11-/m1/s1. The van der Waals surface area contributed by atoms with Gasteiger partial charge in [0.25, 0.3) is 11.8 Å². The van der Waals surface area contributed by atoms with Crippen LogP contribution in [0.15, 0.2) is 24.4 Å². The molecule has 1 fully saturated rings. The van der Waals surface area contributed by atoms with Gasteiger partial charge in [-0.25, -0.2) is 13.1 Å². The molecule has 27 heavy (non-hydrogen) atoms. The summed E-state index contributed by atoms with van der Waals surface area (Å²) >= 11 is 6.33. The number of rotatable bonds is 4. The van der Waals surface area contributed by atoms with Crippen molar-refractivity contribution in [3.05, 3.63) is 46.5 Å². The molecule has 0 radical (unpaired) electrons. The summed E-state index contributed by atoms with van der Waals surface area (Å²) < 4.78 is 24.8. The third-order valence-electron chi connectivity index (χ3n) is 4.17. The second-order valence-corrected chi connectivity index (χ2v) is 8.74. The number of carbonyl (C=O) groups excluding carboxylic acids is 2. The minimum Gasteiger partial charge on any atom is -0.357 e. The van der Waals surface area contributed by atoms with Crippen LogP contribution >= 0.6 is 11.6 Å². The number of hydrazine groups is 1. The van der Waals surface area contributed by atoms with Gasteiger partial charge in [-0.15, -0.1) is 0 Å². The van der Waals surface area contributed by atoms with E-state index in [4.69, 9.17) is 11.6 Å². The van der Waals surface area contributed by atoms with Crippen molar-refractivity contribution >= 4 is 39.3 Å². The number of sulfone groups is 1. The highest BCUT2D eigenvalue weighted by Gasteiger charge is 2.31. The molecule has 11 heteroatoms. The zero-order valence-corrected chi connectivity index (χ0v) is 16.0. The molecule has 1 saturated heterocycles. The number of aromatic amines is 1. The summed E-state index contributed by atoms with van der Waals surface area (Å²) in [5, 5.41) is 4.58. The lowest BCUT2D eigenvalue weighted by Crippen LogP contribution is -2.40. The van der Waals surface area contributed by atoms with Crippen LogP contribution in [0, 0.1) is 6.92 Å². The lowest BCUT2D eigenvalue weighted by molar-refractivity contribution is -0.117. The first kappa shape index (κ1) is 19.2. The molecule has 1 atom stereocenters. The van der Waals surface area contributed by atoms with E-state index in [0.29, 0.717) is 23.4 Å². The minimum absolute atomic E-state index is 0.00224. The SMILES string of the molecule is Cc1nn([C@@H]2CCS(=O)(=O)C2)c(Cl)c1/C=C/C(=O)NNC(=O)c1ccc[nH]1. The first-order valence-electron chi connectivity index (χ1n) is 8.13. The van der Waals surface area contributed by atoms with Crippen LogP contribution in [-0.2, 0) is 14.6 Å². The molecular weight excluding hydrogens is 394 g/mol. The highest BCUT2D eigenvalue weighted by atomic mass is 35.5. The van der Waals surface area contributed by atoms with Crippen molar-refractivity contribution in [2.75, 3.05) is 11.5 Å². The summed E-state index contributed by atoms with van der Waals surface area (Å²) in [7, 11) is -3.07. The number of aromatic nitrogens is 3. The Morgan fingerprint density at radius 1 is 1.41 bits per heavy atom. The van der Waals surface area contributed by atoms with Gasteiger partial charge in [0.2, 0.25) is 0 Å². The van der Waals surface area contributed by atoms with Crippen LogP contribution in [-0.4, -0.2) is 46.5 Å². The number of halogens is 1. The Hall–Kier alpha value is -2.59. The molecule has 2 aromatic heterocycles. The van der Waals surface area contributed by atoms with Crippen molar-refractivity contribution < 1.29 is 18.0 Å². The molecule has 0 bridgehead atoms. The second-order valence-electron chi connectivity index (χ2n) is 6.15. The van der Waals surface area contributed by atoms with E-state index in [0.717, 1.165) is 0 Å². The van der Waals surface area contributed by atoms with Gasteiger partial charge >= 0.3 is 0 Å². The molecule has 0 unspecified atom stereocenters. The highest BCUT2D eigenvalue weighted by molar-refractivity contribution is 7.91. The van der Waals surface area contributed by atoms with E-state index in [9.17, 15) is 18.0 Å². The fourth-order valence-electron chi connectivity index (χ4n) is 2.79. The Balaban J connectivity index is 1.65. The van der Waals surface area contributed by atoms with Crippen molar-refractivity contribution in [3.8, 4) is 0 Å². The molecule has 9 nitrogen and oxygen atoms in total. The smallest absolute Gasteiger partial charge is 0.286 e. The summed E-state index contributed by atoms with van der Waals surface area (Å²) in [6, 6.07) is 2.92. The van der Waals surface area contributed by atoms with E-state index < -0.39 is 21.7 Å². The predicted molar refractivity (Wildman–Crippen MR) is 99.7 cm³/mol. The molecule has 144 valence electrons. The zero-order chi connectivity index (χ0) is 19.6. The Bertz CT molecular complexity index is 994. The molecule has 1 aliphatic rings. The maximum atomic E-state index is 11.9. The Kier molecular flexibility index (Phi) is 5.38. The van der Waals surface area contributed by atoms with E-state index in [-0.39, 0.29) is 22.7 Å². The molecule has 3 rings (SSSR count). The van der Waals surface area contributed by atoms with Crippen LogP contribution < -0.4 is 10.9 Å². The number of nitrogens with one attached hydrogen (secondary N) is 3. The quantitative estimate of drug-likeness (QED) is 0.511. The molecule has 0 aromatic carbocycles. The average Bonchev–Trinajstić information content (AvgIpc) is 3.32. The van der Waals surface area contributed by atoms with Crippen molar-refractivity contribution in [2.24, 2.45) is 0 Å². The number of aryl methyl sites for hydroxylation is 1. The first-order valence-corrected chi connectivity index (χ1v) is 10.3. The molecule has 0 spiro atoms. The monoisotopic (exact) mass is 411 g/mol. The van der Waals surface area contributed by atoms with Gasteiger partial charge in [-0.1, -0.05) is 11.6 Å². The van der Waals surface area contributed by atoms with Gasteiger partial charge < -0.3 is 4.98 Å². The molecule has 0 aliphatic carbocycles. The van der Waals surface area contributed by atoms with Crippen LogP contribution in [0.5, 0.6) is 0 Å². The van der Waals surface area contributed by atoms with Gasteiger partial charge in [0.05, 0.1) is 23.2 Å². The van der Waals surface area contributed by atoms with Crippen LogP contribution in [0.1, 0.15) is 34.2 Å². The number of carbonyl (C=O) groups is 2. The minimum atomic E-state index is -3.07. The molecule has 1 aliphatic heterocycles. The number of H-pyrrole nitrogens is 1. The summed E-state index contributed by atoms with van der Waals surface area (Å²) in [4.78, 5) is 26.3. The number of hydrogen-bond acceptors (Lipinski definition) is 5. The third kappa shape index (κ3) is 4.40. The van der Waals surface area contributed by atoms with Gasteiger partial charge in [-0.3, -0.25) is 20.4 Å². The lowest BCUT2D eigenvalue weighted by Gasteiger charge is -2.09. The van der Waals surface area contributed by atoms with Crippen LogP contribution in [0.4, 0.5) is 0 Å². The van der Waals surface area contributed by atoms with Gasteiger partial charge in [0.1, 0.15) is 10.8 Å². The maximum Gasteiger partial charge on any atom is 0.286 e. The molecule has 3 N–H and O–H groups in total. The number of nitrogens with zero attached hydrogens (tertiary/aromatic N) is 2. The van der Waals surface area contributed by atoms with Crippen LogP contribution in [0.25, 0.3) is 6.08 Å². The Labute approximate surface area is 160 Å². The second kappa shape index (κ2) is 7.57. The topological polar surface area (TPSA) is 126 Å². The summed E-state index contributed by atoms with van der Waals surface area (Å²) in [6.45, 7) is 1.72. The van der Waals surface area contributed by atoms with Crippen molar-refractivity contribution in [1.29, 1.82) is 0 Å². The zero-order valence-electron chi connectivity index (χ0n) is 14.4. The molecule has 2 amide bonds. The van der Waals surface area contributed by atoms with Crippen molar-refractivity contribution in [3.63, 3.8) is 0 Å². The Morgan fingerprint density at radius 3 is 2.81 bits per heavy atom. The summed E-state index contributed by atoms with van der Waals surface area (Å²) in [5.41, 5.74) is 5.93. The number of hydrogen-bond donors (Lipinski definition) is 3. The largest absolute Gasteiger partial charge is 0.357 e. The van der Waals surface area contributed by atoms with E-state index in [1.807, 2.05) is 0 Å². The van der Waals surface area contributed by atoms with E-state index >= 15 is 0 Å². The van der Waals surface area contributed by atoms with E-state index in [1.54, 1.807) is 25.3 Å². The average molecular weight is 412 g/mol. The molecular formula is C16H18ClN5O4S. The highest BCUT2D eigenvalue weighted by Crippen LogP contribution is 2.30. The first-order chi connectivity index (χ1) is 12.8. The summed E-state index contributed by atoms with van der Waals surface area (Å²) in [5.74, 6) is -0.920.